The van der Waals surface area contributed by atoms with Crippen LogP contribution in [0.2, 0.25) is 10.0 Å². The topological polar surface area (TPSA) is 67.9 Å². The first-order valence-electron chi connectivity index (χ1n) is 13.7. The van der Waals surface area contributed by atoms with Crippen molar-refractivity contribution in [2.24, 2.45) is 0 Å². The fourth-order valence-electron chi connectivity index (χ4n) is 4.70. The van der Waals surface area contributed by atoms with Crippen molar-refractivity contribution in [3.8, 4) is 11.5 Å². The third-order valence-electron chi connectivity index (χ3n) is 6.97. The predicted octanol–water partition coefficient (Wildman–Crippen LogP) is 6.55. The van der Waals surface area contributed by atoms with E-state index in [1.165, 1.54) is 0 Å². The van der Waals surface area contributed by atoms with Gasteiger partial charge in [0.25, 0.3) is 0 Å². The van der Waals surface area contributed by atoms with Crippen LogP contribution >= 0.6 is 23.2 Å². The number of hydrogen-bond acceptors (Lipinski definition) is 4. The van der Waals surface area contributed by atoms with Gasteiger partial charge >= 0.3 is 0 Å². The van der Waals surface area contributed by atoms with Gasteiger partial charge in [-0.1, -0.05) is 83.9 Å². The summed E-state index contributed by atoms with van der Waals surface area (Å²) in [7, 11) is 3.18. The first-order chi connectivity index (χ1) is 20.4. The maximum atomic E-state index is 13.9. The van der Waals surface area contributed by atoms with Crippen molar-refractivity contribution >= 4 is 35.0 Å². The Morgan fingerprint density at radius 1 is 0.738 bits per heavy atom. The SMILES string of the molecule is COc1ccc(CCNC(=O)C(Cc2ccccc2)N(Cc2ccc(Cl)cc2)C(=O)Cc2ccc(Cl)cc2)cc1OC. The number of nitrogens with zero attached hydrogens (tertiary/aromatic N) is 1. The third kappa shape index (κ3) is 8.75. The molecule has 4 rings (SSSR count). The van der Waals surface area contributed by atoms with Crippen LogP contribution in [0.25, 0.3) is 0 Å². The Balaban J connectivity index is 1.58. The van der Waals surface area contributed by atoms with Gasteiger partial charge in [-0.15, -0.1) is 0 Å². The van der Waals surface area contributed by atoms with Gasteiger partial charge < -0.3 is 19.7 Å². The van der Waals surface area contributed by atoms with Crippen molar-refractivity contribution in [3.63, 3.8) is 0 Å². The van der Waals surface area contributed by atoms with Crippen molar-refractivity contribution in [2.45, 2.75) is 31.8 Å². The lowest BCUT2D eigenvalue weighted by Crippen LogP contribution is -2.51. The molecule has 2 amide bonds. The van der Waals surface area contributed by atoms with Crippen LogP contribution in [0.4, 0.5) is 0 Å². The van der Waals surface area contributed by atoms with Crippen molar-refractivity contribution in [3.05, 3.63) is 129 Å². The number of rotatable bonds is 13. The average Bonchev–Trinajstić information content (AvgIpc) is 3.01. The van der Waals surface area contributed by atoms with E-state index in [0.717, 1.165) is 22.3 Å². The van der Waals surface area contributed by atoms with E-state index in [0.29, 0.717) is 40.9 Å². The number of carbonyl (C=O) groups excluding carboxylic acids is 2. The molecule has 0 aliphatic carbocycles. The third-order valence-corrected chi connectivity index (χ3v) is 7.47. The monoisotopic (exact) mass is 604 g/mol. The van der Waals surface area contributed by atoms with Crippen molar-refractivity contribution in [1.29, 1.82) is 0 Å². The van der Waals surface area contributed by atoms with Crippen molar-refractivity contribution < 1.29 is 19.1 Å². The van der Waals surface area contributed by atoms with E-state index in [4.69, 9.17) is 32.7 Å². The fraction of sp³-hybridized carbons (Fsp3) is 0.235. The lowest BCUT2D eigenvalue weighted by Gasteiger charge is -2.32. The van der Waals surface area contributed by atoms with Gasteiger partial charge in [0.1, 0.15) is 6.04 Å². The maximum Gasteiger partial charge on any atom is 0.243 e. The highest BCUT2D eigenvalue weighted by Gasteiger charge is 2.30. The molecule has 0 saturated heterocycles. The smallest absolute Gasteiger partial charge is 0.243 e. The molecule has 8 heteroatoms. The summed E-state index contributed by atoms with van der Waals surface area (Å²) < 4.78 is 10.7. The summed E-state index contributed by atoms with van der Waals surface area (Å²) in [6.07, 6.45) is 1.08. The number of methoxy groups -OCH3 is 2. The van der Waals surface area contributed by atoms with Crippen LogP contribution in [0, 0.1) is 0 Å². The number of amides is 2. The van der Waals surface area contributed by atoms with E-state index in [2.05, 4.69) is 5.32 Å². The highest BCUT2D eigenvalue weighted by Crippen LogP contribution is 2.27. The van der Waals surface area contributed by atoms with Gasteiger partial charge in [-0.25, -0.2) is 0 Å². The number of ether oxygens (including phenoxy) is 2. The first kappa shape index (κ1) is 30.9. The van der Waals surface area contributed by atoms with Gasteiger partial charge in [0.2, 0.25) is 11.8 Å². The Labute approximate surface area is 257 Å². The van der Waals surface area contributed by atoms with Gasteiger partial charge in [-0.05, 0) is 65.1 Å². The summed E-state index contributed by atoms with van der Waals surface area (Å²) in [6.45, 7) is 0.643. The first-order valence-corrected chi connectivity index (χ1v) is 14.4. The van der Waals surface area contributed by atoms with Gasteiger partial charge in [0.15, 0.2) is 11.5 Å². The normalized spacial score (nSPS) is 11.4. The second-order valence-electron chi connectivity index (χ2n) is 9.89. The van der Waals surface area contributed by atoms with Gasteiger partial charge in [0, 0.05) is 29.6 Å². The quantitative estimate of drug-likeness (QED) is 0.188. The number of carbonyl (C=O) groups is 2. The summed E-state index contributed by atoms with van der Waals surface area (Å²) in [4.78, 5) is 29.4. The molecule has 0 saturated carbocycles. The summed E-state index contributed by atoms with van der Waals surface area (Å²) in [5, 5.41) is 4.28. The maximum absolute atomic E-state index is 13.9. The molecule has 4 aromatic carbocycles. The molecule has 0 aliphatic rings. The zero-order valence-electron chi connectivity index (χ0n) is 23.7. The summed E-state index contributed by atoms with van der Waals surface area (Å²) in [6, 6.07) is 29.2. The van der Waals surface area contributed by atoms with Crippen LogP contribution in [-0.2, 0) is 35.4 Å². The number of halogens is 2. The Bertz CT molecular complexity index is 1460. The van der Waals surface area contributed by atoms with Gasteiger partial charge in [-0.3, -0.25) is 9.59 Å². The van der Waals surface area contributed by atoms with Crippen molar-refractivity contribution in [2.75, 3.05) is 20.8 Å². The van der Waals surface area contributed by atoms with E-state index < -0.39 is 6.04 Å². The molecular formula is C34H34Cl2N2O4. The minimum absolute atomic E-state index is 0.134. The molecule has 1 unspecified atom stereocenters. The highest BCUT2D eigenvalue weighted by molar-refractivity contribution is 6.30. The lowest BCUT2D eigenvalue weighted by molar-refractivity contribution is -0.140. The van der Waals surface area contributed by atoms with Crippen LogP contribution in [-0.4, -0.2) is 43.5 Å². The molecule has 4 aromatic rings. The molecule has 0 aromatic heterocycles. The molecule has 0 spiro atoms. The second-order valence-corrected chi connectivity index (χ2v) is 10.8. The van der Waals surface area contributed by atoms with E-state index in [1.807, 2.05) is 72.8 Å². The highest BCUT2D eigenvalue weighted by atomic mass is 35.5. The minimum Gasteiger partial charge on any atom is -0.493 e. The molecular weight excluding hydrogens is 571 g/mol. The Morgan fingerprint density at radius 3 is 1.95 bits per heavy atom. The standard InChI is InChI=1S/C34H34Cl2N2O4/c1-41-31-17-12-26(21-32(31)42-2)18-19-37-34(40)30(20-24-6-4-3-5-7-24)38(23-27-10-15-29(36)16-11-27)33(39)22-25-8-13-28(35)14-9-25/h3-17,21,30H,18-20,22-23H2,1-2H3,(H,37,40). The molecule has 1 atom stereocenters. The van der Waals surface area contributed by atoms with Crippen LogP contribution in [0.1, 0.15) is 22.3 Å². The van der Waals surface area contributed by atoms with E-state index in [-0.39, 0.29) is 24.8 Å². The van der Waals surface area contributed by atoms with Crippen LogP contribution in [0.5, 0.6) is 11.5 Å². The fourth-order valence-corrected chi connectivity index (χ4v) is 4.95. The summed E-state index contributed by atoms with van der Waals surface area (Å²) in [5.41, 5.74) is 3.64. The Hall–Kier alpha value is -4.00. The molecule has 6 nitrogen and oxygen atoms in total. The van der Waals surface area contributed by atoms with E-state index in [1.54, 1.807) is 43.4 Å². The second kappa shape index (κ2) is 15.3. The number of hydrogen-bond donors (Lipinski definition) is 1. The molecule has 0 fully saturated rings. The molecule has 1 N–H and O–H groups in total. The van der Waals surface area contributed by atoms with Crippen LogP contribution < -0.4 is 14.8 Å². The van der Waals surface area contributed by atoms with E-state index >= 15 is 0 Å². The summed E-state index contributed by atoms with van der Waals surface area (Å²) in [5.74, 6) is 0.886. The summed E-state index contributed by atoms with van der Waals surface area (Å²) >= 11 is 12.2. The Morgan fingerprint density at radius 2 is 1.33 bits per heavy atom. The van der Waals surface area contributed by atoms with E-state index in [9.17, 15) is 9.59 Å². The molecule has 0 bridgehead atoms. The molecule has 0 aliphatic heterocycles. The predicted molar refractivity (Wildman–Crippen MR) is 167 cm³/mol. The lowest BCUT2D eigenvalue weighted by atomic mass is 10.0. The zero-order valence-corrected chi connectivity index (χ0v) is 25.2. The number of benzene rings is 4. The molecule has 42 heavy (non-hydrogen) atoms. The largest absolute Gasteiger partial charge is 0.493 e. The van der Waals surface area contributed by atoms with Gasteiger partial charge in [0.05, 0.1) is 20.6 Å². The minimum atomic E-state index is -0.742. The van der Waals surface area contributed by atoms with Gasteiger partial charge in [-0.2, -0.15) is 0 Å². The molecule has 0 radical (unpaired) electrons. The molecule has 218 valence electrons. The van der Waals surface area contributed by atoms with Crippen LogP contribution in [0.3, 0.4) is 0 Å². The number of nitrogens with one attached hydrogen (secondary N) is 1. The molecule has 0 heterocycles. The van der Waals surface area contributed by atoms with Crippen LogP contribution in [0.15, 0.2) is 97.1 Å². The van der Waals surface area contributed by atoms with Crippen molar-refractivity contribution in [1.82, 2.24) is 10.2 Å². The Kier molecular flexibility index (Phi) is 11.3. The average molecular weight is 606 g/mol. The zero-order chi connectivity index (χ0) is 29.9.